The van der Waals surface area contributed by atoms with Gasteiger partial charge in [0.2, 0.25) is 0 Å². The number of ether oxygens (including phenoxy) is 3. The van der Waals surface area contributed by atoms with Crippen molar-refractivity contribution in [1.29, 1.82) is 0 Å². The molecule has 2 heterocycles. The quantitative estimate of drug-likeness (QED) is 0.154. The number of halogens is 1. The highest BCUT2D eigenvalue weighted by Gasteiger charge is 2.24. The summed E-state index contributed by atoms with van der Waals surface area (Å²) in [5.74, 6) is 1.25. The number of nitrogens with zero attached hydrogens (tertiary/aromatic N) is 1. The van der Waals surface area contributed by atoms with E-state index in [-0.39, 0.29) is 18.5 Å². The van der Waals surface area contributed by atoms with Gasteiger partial charge < -0.3 is 19.2 Å². The Balaban J connectivity index is 1.47. The van der Waals surface area contributed by atoms with Gasteiger partial charge in [-0.1, -0.05) is 68.8 Å². The smallest absolute Gasteiger partial charge is 0.305 e. The van der Waals surface area contributed by atoms with Gasteiger partial charge in [-0.25, -0.2) is 4.98 Å². The highest BCUT2D eigenvalue weighted by molar-refractivity contribution is 7.16. The molecular weight excluding hydrogens is 586 g/mol. The van der Waals surface area contributed by atoms with E-state index in [4.69, 9.17) is 30.8 Å². The maximum Gasteiger partial charge on any atom is 0.305 e. The van der Waals surface area contributed by atoms with E-state index in [1.165, 1.54) is 43.4 Å². The Labute approximate surface area is 261 Å². The first-order valence-corrected chi connectivity index (χ1v) is 16.1. The largest absolute Gasteiger partial charge is 0.496 e. The van der Waals surface area contributed by atoms with Gasteiger partial charge in [0.15, 0.2) is 5.13 Å². The summed E-state index contributed by atoms with van der Waals surface area (Å²) in [6.07, 6.45) is 9.04. The summed E-state index contributed by atoms with van der Waals surface area (Å²) in [5.41, 5.74) is 3.60. The summed E-state index contributed by atoms with van der Waals surface area (Å²) < 4.78 is 16.5. The van der Waals surface area contributed by atoms with Gasteiger partial charge in [-0.2, -0.15) is 0 Å². The number of aryl methyl sites for hydroxylation is 1. The van der Waals surface area contributed by atoms with Gasteiger partial charge in [-0.15, -0.1) is 11.3 Å². The van der Waals surface area contributed by atoms with Gasteiger partial charge in [0.1, 0.15) is 17.2 Å². The Morgan fingerprint density at radius 2 is 1.84 bits per heavy atom. The number of aromatic nitrogens is 2. The first kappa shape index (κ1) is 30.9. The van der Waals surface area contributed by atoms with Crippen molar-refractivity contribution < 1.29 is 23.8 Å². The molecule has 1 aliphatic carbocycles. The molecule has 5 rings (SSSR count). The van der Waals surface area contributed by atoms with E-state index in [1.807, 2.05) is 30.3 Å². The highest BCUT2D eigenvalue weighted by atomic mass is 35.5. The number of methoxy groups -OCH3 is 2. The second-order valence-electron chi connectivity index (χ2n) is 10.8. The number of H-pyrrole nitrogens is 1. The number of amides is 1. The normalized spacial score (nSPS) is 13.7. The van der Waals surface area contributed by atoms with Crippen molar-refractivity contribution >= 4 is 50.8 Å². The third-order valence-electron chi connectivity index (χ3n) is 8.10. The number of fused-ring (bicyclic) bond motifs is 1. The number of thiazole rings is 1. The van der Waals surface area contributed by atoms with Crippen LogP contribution in [0, 0.1) is 5.92 Å². The van der Waals surface area contributed by atoms with Gasteiger partial charge >= 0.3 is 5.97 Å². The van der Waals surface area contributed by atoms with Crippen LogP contribution in [0.25, 0.3) is 22.2 Å². The van der Waals surface area contributed by atoms with Crippen LogP contribution in [-0.4, -0.2) is 42.7 Å². The first-order chi connectivity index (χ1) is 20.9. The zero-order valence-corrected chi connectivity index (χ0v) is 26.5. The van der Waals surface area contributed by atoms with Crippen LogP contribution < -0.4 is 14.8 Å². The second-order valence-corrected chi connectivity index (χ2v) is 12.3. The number of aromatic amines is 1. The van der Waals surface area contributed by atoms with Crippen LogP contribution in [0.1, 0.15) is 72.8 Å². The third-order valence-corrected chi connectivity index (χ3v) is 9.42. The average molecular weight is 624 g/mol. The monoisotopic (exact) mass is 623 g/mol. The molecule has 2 aromatic carbocycles. The van der Waals surface area contributed by atoms with Crippen molar-refractivity contribution in [3.8, 4) is 22.8 Å². The molecule has 43 heavy (non-hydrogen) atoms. The number of carbonyl (C=O) groups is 2. The van der Waals surface area contributed by atoms with Crippen molar-refractivity contribution in [2.75, 3.05) is 26.1 Å². The summed E-state index contributed by atoms with van der Waals surface area (Å²) in [4.78, 5) is 34.8. The van der Waals surface area contributed by atoms with E-state index in [0.717, 1.165) is 45.4 Å². The Morgan fingerprint density at radius 3 is 2.58 bits per heavy atom. The van der Waals surface area contributed by atoms with Crippen LogP contribution in [0.4, 0.5) is 5.13 Å². The van der Waals surface area contributed by atoms with Gasteiger partial charge in [-0.05, 0) is 36.5 Å². The Morgan fingerprint density at radius 1 is 1.07 bits per heavy atom. The molecule has 1 aliphatic rings. The molecule has 0 atom stereocenters. The molecule has 2 aromatic heterocycles. The number of hydrogen-bond acceptors (Lipinski definition) is 7. The Bertz CT molecular complexity index is 1590. The fourth-order valence-corrected chi connectivity index (χ4v) is 7.04. The zero-order valence-electron chi connectivity index (χ0n) is 24.9. The van der Waals surface area contributed by atoms with Crippen molar-refractivity contribution in [1.82, 2.24) is 9.97 Å². The standard InChI is InChI=1S/C33H38ClN3O5S/c1-4-29(38)42-17-16-22-21-12-8-9-13-25(21)35-31(22)32(39)37-33-36-30(23-18-27(41-3)24(34)19-26(23)40-2)28(43-33)15-14-20-10-6-5-7-11-20/h8-9,12-13,18-20,35H,4-7,10-11,14-17H2,1-3H3,(H,36,37,39). The molecule has 4 aromatic rings. The number of anilines is 1. The lowest BCUT2D eigenvalue weighted by atomic mass is 9.86. The minimum Gasteiger partial charge on any atom is -0.496 e. The molecule has 1 fully saturated rings. The third kappa shape index (κ3) is 7.16. The van der Waals surface area contributed by atoms with E-state index in [0.29, 0.717) is 46.1 Å². The number of hydrogen-bond donors (Lipinski definition) is 2. The predicted octanol–water partition coefficient (Wildman–Crippen LogP) is 8.22. The minimum atomic E-state index is -0.298. The Hall–Kier alpha value is -3.56. The van der Waals surface area contributed by atoms with Gasteiger partial charge in [0.05, 0.1) is 31.5 Å². The molecular formula is C33H38ClN3O5S. The number of para-hydroxylation sites is 1. The Kier molecular flexibility index (Phi) is 10.3. The summed E-state index contributed by atoms with van der Waals surface area (Å²) >= 11 is 7.90. The predicted molar refractivity (Wildman–Crippen MR) is 172 cm³/mol. The van der Waals surface area contributed by atoms with Gasteiger partial charge in [0.25, 0.3) is 5.91 Å². The van der Waals surface area contributed by atoms with Crippen molar-refractivity contribution in [2.45, 2.75) is 64.7 Å². The highest BCUT2D eigenvalue weighted by Crippen LogP contribution is 2.43. The fraction of sp³-hybridized carbons (Fsp3) is 0.424. The van der Waals surface area contributed by atoms with Crippen molar-refractivity contribution in [3.05, 3.63) is 57.6 Å². The molecule has 0 saturated heterocycles. The van der Waals surface area contributed by atoms with Crippen LogP contribution in [0.2, 0.25) is 5.02 Å². The van der Waals surface area contributed by atoms with E-state index in [1.54, 1.807) is 27.2 Å². The summed E-state index contributed by atoms with van der Waals surface area (Å²) in [5, 5.41) is 4.92. The zero-order chi connectivity index (χ0) is 30.3. The average Bonchev–Trinajstić information content (AvgIpc) is 3.61. The molecule has 0 aliphatic heterocycles. The van der Waals surface area contributed by atoms with Crippen molar-refractivity contribution in [3.63, 3.8) is 0 Å². The van der Waals surface area contributed by atoms with Crippen LogP contribution in [0.15, 0.2) is 36.4 Å². The van der Waals surface area contributed by atoms with Crippen LogP contribution in [-0.2, 0) is 22.4 Å². The van der Waals surface area contributed by atoms with Gasteiger partial charge in [-0.3, -0.25) is 14.9 Å². The lowest BCUT2D eigenvalue weighted by molar-refractivity contribution is -0.143. The molecule has 0 spiro atoms. The molecule has 8 nitrogen and oxygen atoms in total. The lowest BCUT2D eigenvalue weighted by Crippen LogP contribution is -2.15. The molecule has 228 valence electrons. The van der Waals surface area contributed by atoms with E-state index in [9.17, 15) is 9.59 Å². The summed E-state index contributed by atoms with van der Waals surface area (Å²) in [7, 11) is 3.18. The number of esters is 1. The van der Waals surface area contributed by atoms with Crippen LogP contribution in [0.3, 0.4) is 0 Å². The molecule has 0 bridgehead atoms. The van der Waals surface area contributed by atoms with E-state index < -0.39 is 0 Å². The summed E-state index contributed by atoms with van der Waals surface area (Å²) in [6.45, 7) is 1.95. The molecule has 0 unspecified atom stereocenters. The number of rotatable bonds is 12. The molecule has 10 heteroatoms. The van der Waals surface area contributed by atoms with Crippen molar-refractivity contribution in [2.24, 2.45) is 5.92 Å². The first-order valence-electron chi connectivity index (χ1n) is 14.9. The molecule has 1 saturated carbocycles. The molecule has 1 amide bonds. The second kappa shape index (κ2) is 14.3. The SMILES string of the molecule is CCC(=O)OCCc1c(C(=O)Nc2nc(-c3cc(OC)c(Cl)cc3OC)c(CCC3CCCCC3)s2)[nH]c2ccccc12. The van der Waals surface area contributed by atoms with Gasteiger partial charge in [0, 0.05) is 40.3 Å². The number of nitrogens with one attached hydrogen (secondary N) is 2. The maximum atomic E-state index is 13.7. The maximum absolute atomic E-state index is 13.7. The van der Waals surface area contributed by atoms with E-state index >= 15 is 0 Å². The molecule has 0 radical (unpaired) electrons. The number of carbonyl (C=O) groups excluding carboxylic acids is 2. The minimum absolute atomic E-state index is 0.194. The van der Waals surface area contributed by atoms with Crippen LogP contribution in [0.5, 0.6) is 11.5 Å². The topological polar surface area (TPSA) is 103 Å². The summed E-state index contributed by atoms with van der Waals surface area (Å²) in [6, 6.07) is 11.3. The number of benzene rings is 2. The van der Waals surface area contributed by atoms with E-state index in [2.05, 4.69) is 10.3 Å². The molecule has 2 N–H and O–H groups in total. The van der Waals surface area contributed by atoms with Crippen LogP contribution >= 0.6 is 22.9 Å². The fourth-order valence-electron chi connectivity index (χ4n) is 5.82. The lowest BCUT2D eigenvalue weighted by Gasteiger charge is -2.21.